The average molecular weight is 535 g/mol. The second kappa shape index (κ2) is 10.6. The summed E-state index contributed by atoms with van der Waals surface area (Å²) >= 11 is 1.85. The number of benzene rings is 4. The smallest absolute Gasteiger partial charge is 0.0607 e. The average Bonchev–Trinajstić information content (AvgIpc) is 3.22. The van der Waals surface area contributed by atoms with E-state index in [0.717, 1.165) is 12.1 Å². The Labute approximate surface area is 240 Å². The van der Waals surface area contributed by atoms with Crippen molar-refractivity contribution in [3.63, 3.8) is 0 Å². The van der Waals surface area contributed by atoms with Crippen molar-refractivity contribution in [3.8, 4) is 11.1 Å². The number of nitrogens with one attached hydrogen (secondary N) is 1. The molecule has 40 heavy (non-hydrogen) atoms. The molecule has 0 spiro atoms. The summed E-state index contributed by atoms with van der Waals surface area (Å²) in [5.74, 6) is 0.205. The Bertz CT molecular complexity index is 1740. The first-order valence-corrected chi connectivity index (χ1v) is 14.7. The van der Waals surface area contributed by atoms with E-state index in [1.54, 1.807) is 0 Å². The maximum atomic E-state index is 3.58. The van der Waals surface area contributed by atoms with Crippen LogP contribution in [0.25, 0.3) is 11.1 Å². The van der Waals surface area contributed by atoms with Gasteiger partial charge in [-0.05, 0) is 82.8 Å². The van der Waals surface area contributed by atoms with E-state index < -0.39 is 0 Å². The van der Waals surface area contributed by atoms with E-state index in [2.05, 4.69) is 151 Å². The van der Waals surface area contributed by atoms with E-state index in [9.17, 15) is 0 Å². The van der Waals surface area contributed by atoms with Crippen LogP contribution in [0.2, 0.25) is 0 Å². The van der Waals surface area contributed by atoms with Gasteiger partial charge in [-0.15, -0.1) is 0 Å². The molecule has 0 bridgehead atoms. The second-order valence-corrected chi connectivity index (χ2v) is 11.4. The maximum absolute atomic E-state index is 3.58. The van der Waals surface area contributed by atoms with Gasteiger partial charge in [0.05, 0.1) is 11.4 Å². The van der Waals surface area contributed by atoms with Crippen LogP contribution in [0.15, 0.2) is 161 Å². The third-order valence-corrected chi connectivity index (χ3v) is 8.78. The zero-order chi connectivity index (χ0) is 26.9. The van der Waals surface area contributed by atoms with Crippen molar-refractivity contribution >= 4 is 34.5 Å². The predicted molar refractivity (Wildman–Crippen MR) is 171 cm³/mol. The van der Waals surface area contributed by atoms with E-state index in [4.69, 9.17) is 0 Å². The summed E-state index contributed by atoms with van der Waals surface area (Å²) in [6.07, 6.45) is 18.7. The van der Waals surface area contributed by atoms with Crippen molar-refractivity contribution in [3.05, 3.63) is 156 Å². The molecule has 0 amide bonds. The molecule has 1 unspecified atom stereocenters. The molecule has 1 N–H and O–H groups in total. The summed E-state index contributed by atoms with van der Waals surface area (Å²) in [7, 11) is 0. The van der Waals surface area contributed by atoms with Gasteiger partial charge in [-0.25, -0.2) is 0 Å². The molecule has 2 nitrogen and oxygen atoms in total. The van der Waals surface area contributed by atoms with Gasteiger partial charge in [0.2, 0.25) is 0 Å². The maximum Gasteiger partial charge on any atom is 0.0607 e. The molecule has 0 radical (unpaired) electrons. The number of anilines is 4. The molecule has 4 aromatic carbocycles. The van der Waals surface area contributed by atoms with Crippen molar-refractivity contribution in [1.29, 1.82) is 0 Å². The molecule has 0 fully saturated rings. The quantitative estimate of drug-likeness (QED) is 0.242. The highest BCUT2D eigenvalue weighted by Gasteiger charge is 2.26. The molecule has 3 heteroatoms. The van der Waals surface area contributed by atoms with Crippen LogP contribution in [-0.4, -0.2) is 0 Å². The molecule has 0 aromatic heterocycles. The summed E-state index contributed by atoms with van der Waals surface area (Å²) in [5, 5.41) is 3.58. The Morgan fingerprint density at radius 2 is 1.57 bits per heavy atom. The molecular weight excluding hydrogens is 504 g/mol. The van der Waals surface area contributed by atoms with Gasteiger partial charge in [-0.3, -0.25) is 0 Å². The standard InChI is InChI=1S/C37H30N2S/c1-26-24-28-13-5-2-4-12-27(28)14-11-23-38-32-18-10-17-31(37(26)32)29-21-22-36-34(25-29)39(30-15-6-3-7-16-30)33-19-8-9-20-35(33)40-36/h3-26,38H,2H2,1H3/b23-11+,27-14-,28-24?. The van der Waals surface area contributed by atoms with Gasteiger partial charge in [-0.1, -0.05) is 104 Å². The topological polar surface area (TPSA) is 15.3 Å². The molecule has 1 aliphatic carbocycles. The number of hydrogen-bond acceptors (Lipinski definition) is 3. The summed E-state index contributed by atoms with van der Waals surface area (Å²) in [4.78, 5) is 4.94. The van der Waals surface area contributed by atoms with Crippen molar-refractivity contribution in [2.45, 2.75) is 29.1 Å². The number of allylic oxidation sites excluding steroid dienone is 9. The monoisotopic (exact) mass is 534 g/mol. The lowest BCUT2D eigenvalue weighted by Gasteiger charge is -2.33. The lowest BCUT2D eigenvalue weighted by atomic mass is 9.87. The number of rotatable bonds is 2. The predicted octanol–water partition coefficient (Wildman–Crippen LogP) is 10.7. The summed E-state index contributed by atoms with van der Waals surface area (Å²) < 4.78 is 0. The molecule has 194 valence electrons. The van der Waals surface area contributed by atoms with Crippen LogP contribution in [0.5, 0.6) is 0 Å². The number of fused-ring (bicyclic) bond motifs is 4. The van der Waals surface area contributed by atoms with Gasteiger partial charge < -0.3 is 10.2 Å². The van der Waals surface area contributed by atoms with Crippen LogP contribution < -0.4 is 10.2 Å². The van der Waals surface area contributed by atoms with Crippen LogP contribution >= 0.6 is 11.8 Å². The first-order valence-electron chi connectivity index (χ1n) is 13.8. The Kier molecular flexibility index (Phi) is 6.51. The normalized spacial score (nSPS) is 19.4. The SMILES string of the molecule is CC1C=C2C=CCC=C/C2=C/C=C/Nc2cccc(-c3ccc4c(c3)N(c3ccccc3)c3ccccc3S4)c21. The zero-order valence-corrected chi connectivity index (χ0v) is 23.2. The van der Waals surface area contributed by atoms with Crippen molar-refractivity contribution in [2.24, 2.45) is 0 Å². The first kappa shape index (κ1) is 24.6. The van der Waals surface area contributed by atoms with Gasteiger partial charge >= 0.3 is 0 Å². The molecular formula is C37H30N2S. The van der Waals surface area contributed by atoms with Gasteiger partial charge in [0, 0.05) is 33.3 Å². The van der Waals surface area contributed by atoms with E-state index >= 15 is 0 Å². The summed E-state index contributed by atoms with van der Waals surface area (Å²) in [5.41, 5.74) is 11.0. The molecule has 4 aromatic rings. The lowest BCUT2D eigenvalue weighted by molar-refractivity contribution is 0.964. The summed E-state index contributed by atoms with van der Waals surface area (Å²) in [6, 6.07) is 32.9. The van der Waals surface area contributed by atoms with Crippen LogP contribution in [0.4, 0.5) is 22.7 Å². The number of hydrogen-bond donors (Lipinski definition) is 1. The van der Waals surface area contributed by atoms with E-state index in [1.807, 2.05) is 18.0 Å². The Morgan fingerprint density at radius 3 is 2.48 bits per heavy atom. The van der Waals surface area contributed by atoms with Crippen LogP contribution in [0, 0.1) is 0 Å². The lowest BCUT2D eigenvalue weighted by Crippen LogP contribution is -2.14. The van der Waals surface area contributed by atoms with Gasteiger partial charge in [0.1, 0.15) is 0 Å². The second-order valence-electron chi connectivity index (χ2n) is 10.3. The fourth-order valence-electron chi connectivity index (χ4n) is 5.82. The van der Waals surface area contributed by atoms with Crippen LogP contribution in [0.3, 0.4) is 0 Å². The molecule has 0 saturated heterocycles. The van der Waals surface area contributed by atoms with E-state index in [-0.39, 0.29) is 5.92 Å². The minimum atomic E-state index is 0.205. The zero-order valence-electron chi connectivity index (χ0n) is 22.4. The molecule has 2 aliphatic heterocycles. The highest BCUT2D eigenvalue weighted by molar-refractivity contribution is 7.99. The Balaban J connectivity index is 1.39. The minimum Gasteiger partial charge on any atom is -0.361 e. The third kappa shape index (κ3) is 4.53. The van der Waals surface area contributed by atoms with E-state index in [1.165, 1.54) is 54.7 Å². The largest absolute Gasteiger partial charge is 0.361 e. The third-order valence-electron chi connectivity index (χ3n) is 7.65. The highest BCUT2D eigenvalue weighted by atomic mass is 32.2. The first-order chi connectivity index (χ1) is 19.8. The molecule has 3 aliphatic rings. The van der Waals surface area contributed by atoms with E-state index in [0.29, 0.717) is 0 Å². The molecule has 0 saturated carbocycles. The molecule has 2 heterocycles. The Hall–Kier alpha value is -4.47. The van der Waals surface area contributed by atoms with Crippen LogP contribution in [-0.2, 0) is 0 Å². The van der Waals surface area contributed by atoms with Gasteiger partial charge in [0.25, 0.3) is 0 Å². The summed E-state index contributed by atoms with van der Waals surface area (Å²) in [6.45, 7) is 2.31. The fourth-order valence-corrected chi connectivity index (χ4v) is 6.86. The van der Waals surface area contributed by atoms with Crippen molar-refractivity contribution in [2.75, 3.05) is 10.2 Å². The molecule has 1 atom stereocenters. The van der Waals surface area contributed by atoms with Gasteiger partial charge in [-0.2, -0.15) is 0 Å². The number of nitrogens with zero attached hydrogens (tertiary/aromatic N) is 1. The van der Waals surface area contributed by atoms with Crippen molar-refractivity contribution in [1.82, 2.24) is 0 Å². The van der Waals surface area contributed by atoms with Crippen molar-refractivity contribution < 1.29 is 0 Å². The Morgan fingerprint density at radius 1 is 0.775 bits per heavy atom. The van der Waals surface area contributed by atoms with Crippen LogP contribution in [0.1, 0.15) is 24.8 Å². The fraction of sp³-hybridized carbons (Fsp3) is 0.0811. The number of para-hydroxylation sites is 2. The highest BCUT2D eigenvalue weighted by Crippen LogP contribution is 2.52. The minimum absolute atomic E-state index is 0.205. The molecule has 7 rings (SSSR count). The van der Waals surface area contributed by atoms with Gasteiger partial charge in [0.15, 0.2) is 0 Å².